The maximum absolute atomic E-state index is 12.8. The second kappa shape index (κ2) is 52.0. The number of unbranched alkanes of at least 4 members (excludes halogenated alkanes) is 30. The van der Waals surface area contributed by atoms with Crippen molar-refractivity contribution in [1.29, 1.82) is 0 Å². The molecule has 6 nitrogen and oxygen atoms in total. The molecule has 0 unspecified atom stereocenters. The van der Waals surface area contributed by atoms with Crippen molar-refractivity contribution < 1.29 is 28.6 Å². The van der Waals surface area contributed by atoms with Gasteiger partial charge in [-0.25, -0.2) is 0 Å². The molecule has 0 amide bonds. The highest BCUT2D eigenvalue weighted by Gasteiger charge is 2.19. The van der Waals surface area contributed by atoms with E-state index in [0.717, 1.165) is 77.0 Å². The molecule has 0 radical (unpaired) electrons. The number of allylic oxidation sites excluding steroid dienone is 8. The molecule has 0 rings (SSSR count). The first-order valence-electron chi connectivity index (χ1n) is 27.1. The van der Waals surface area contributed by atoms with Gasteiger partial charge in [0.15, 0.2) is 6.10 Å². The highest BCUT2D eigenvalue weighted by Crippen LogP contribution is 2.16. The molecule has 1 atom stereocenters. The third-order valence-electron chi connectivity index (χ3n) is 11.8. The molecule has 0 heterocycles. The van der Waals surface area contributed by atoms with Gasteiger partial charge >= 0.3 is 17.9 Å². The van der Waals surface area contributed by atoms with Gasteiger partial charge in [-0.1, -0.05) is 249 Å². The summed E-state index contributed by atoms with van der Waals surface area (Å²) in [5.74, 6) is -0.915. The van der Waals surface area contributed by atoms with Crippen molar-refractivity contribution in [2.75, 3.05) is 13.2 Å². The number of esters is 3. The predicted octanol–water partition coefficient (Wildman–Crippen LogP) is 17.9. The van der Waals surface area contributed by atoms with Crippen molar-refractivity contribution >= 4 is 17.9 Å². The number of carbonyl (C=O) groups excluding carboxylic acids is 3. The van der Waals surface area contributed by atoms with E-state index in [0.29, 0.717) is 19.3 Å². The fraction of sp³-hybridized carbons (Fsp3) is 0.807. The second-order valence-corrected chi connectivity index (χ2v) is 18.1. The van der Waals surface area contributed by atoms with Crippen molar-refractivity contribution in [2.24, 2.45) is 0 Å². The Morgan fingerprint density at radius 3 is 0.968 bits per heavy atom. The van der Waals surface area contributed by atoms with Crippen LogP contribution in [0.25, 0.3) is 0 Å². The van der Waals surface area contributed by atoms with Gasteiger partial charge in [0.25, 0.3) is 0 Å². The van der Waals surface area contributed by atoms with Crippen LogP contribution in [0, 0.1) is 0 Å². The summed E-state index contributed by atoms with van der Waals surface area (Å²) in [5, 5.41) is 0. The molecule has 0 aliphatic rings. The number of hydrogen-bond donors (Lipinski definition) is 0. The molecule has 0 aliphatic heterocycles. The van der Waals surface area contributed by atoms with E-state index in [1.165, 1.54) is 154 Å². The monoisotopic (exact) mass is 883 g/mol. The minimum atomic E-state index is -0.790. The summed E-state index contributed by atoms with van der Waals surface area (Å²) < 4.78 is 16.8. The van der Waals surface area contributed by atoms with Crippen LogP contribution in [0.4, 0.5) is 0 Å². The largest absolute Gasteiger partial charge is 0.462 e. The molecule has 0 aromatic carbocycles. The average Bonchev–Trinajstić information content (AvgIpc) is 3.28. The first-order valence-corrected chi connectivity index (χ1v) is 27.1. The standard InChI is InChI=1S/C57H102O6/c1-4-7-10-13-16-19-22-25-27-28-30-32-35-38-41-44-47-50-56(59)62-53-54(52-61-55(58)49-46-43-40-37-34-31-24-21-18-15-12-9-6-3)63-57(60)51-48-45-42-39-36-33-29-26-23-20-17-14-11-8-5-2/h8,11,17,20,26,29,36,39,54H,4-7,9-10,12-16,18-19,21-25,27-28,30-35,37-38,40-53H2,1-3H3/b11-8-,20-17-,29-26-,39-36-/t54-/m1/s1. The normalized spacial score (nSPS) is 12.4. The molecule has 0 saturated heterocycles. The summed E-state index contributed by atoms with van der Waals surface area (Å²) in [6, 6.07) is 0. The Morgan fingerprint density at radius 1 is 0.333 bits per heavy atom. The zero-order chi connectivity index (χ0) is 45.8. The van der Waals surface area contributed by atoms with Crippen LogP contribution in [0.5, 0.6) is 0 Å². The fourth-order valence-electron chi connectivity index (χ4n) is 7.79. The quantitative estimate of drug-likeness (QED) is 0.0262. The van der Waals surface area contributed by atoms with E-state index in [2.05, 4.69) is 69.4 Å². The van der Waals surface area contributed by atoms with Crippen molar-refractivity contribution in [3.05, 3.63) is 48.6 Å². The SMILES string of the molecule is CC/C=C\C/C=C\C/C=C\C/C=C\CCCCC(=O)O[C@H](COC(=O)CCCCCCCCCCCCCCC)COC(=O)CCCCCCCCCCCCCCCCCCC. The highest BCUT2D eigenvalue weighted by molar-refractivity contribution is 5.71. The lowest BCUT2D eigenvalue weighted by Gasteiger charge is -2.18. The molecule has 0 fully saturated rings. The van der Waals surface area contributed by atoms with Crippen LogP contribution < -0.4 is 0 Å². The third-order valence-corrected chi connectivity index (χ3v) is 11.8. The topological polar surface area (TPSA) is 78.9 Å². The average molecular weight is 883 g/mol. The molecule has 0 spiro atoms. The summed E-state index contributed by atoms with van der Waals surface area (Å²) in [6.45, 7) is 6.52. The Labute approximate surface area is 390 Å². The minimum absolute atomic E-state index is 0.0858. The zero-order valence-corrected chi connectivity index (χ0v) is 41.8. The maximum atomic E-state index is 12.8. The van der Waals surface area contributed by atoms with Gasteiger partial charge in [0.2, 0.25) is 0 Å². The molecule has 0 N–H and O–H groups in total. The molecular weight excluding hydrogens is 781 g/mol. The van der Waals surface area contributed by atoms with Crippen molar-refractivity contribution in [3.8, 4) is 0 Å². The Hall–Kier alpha value is -2.63. The fourth-order valence-corrected chi connectivity index (χ4v) is 7.79. The van der Waals surface area contributed by atoms with Gasteiger partial charge < -0.3 is 14.2 Å². The summed E-state index contributed by atoms with van der Waals surface area (Å²) in [4.78, 5) is 38.0. The van der Waals surface area contributed by atoms with E-state index in [1.54, 1.807) is 0 Å². The highest BCUT2D eigenvalue weighted by atomic mass is 16.6. The molecule has 366 valence electrons. The molecule has 6 heteroatoms. The van der Waals surface area contributed by atoms with Crippen molar-refractivity contribution in [1.82, 2.24) is 0 Å². The lowest BCUT2D eigenvalue weighted by Crippen LogP contribution is -2.30. The first-order chi connectivity index (χ1) is 31.0. The van der Waals surface area contributed by atoms with Gasteiger partial charge in [-0.3, -0.25) is 14.4 Å². The second-order valence-electron chi connectivity index (χ2n) is 18.1. The van der Waals surface area contributed by atoms with Crippen LogP contribution in [0.3, 0.4) is 0 Å². The third kappa shape index (κ3) is 50.2. The van der Waals surface area contributed by atoms with Gasteiger partial charge in [0.1, 0.15) is 13.2 Å². The predicted molar refractivity (Wildman–Crippen MR) is 270 cm³/mol. The smallest absolute Gasteiger partial charge is 0.306 e. The minimum Gasteiger partial charge on any atom is -0.462 e. The maximum Gasteiger partial charge on any atom is 0.306 e. The molecule has 0 aromatic heterocycles. The van der Waals surface area contributed by atoms with Crippen LogP contribution in [-0.4, -0.2) is 37.2 Å². The van der Waals surface area contributed by atoms with E-state index >= 15 is 0 Å². The van der Waals surface area contributed by atoms with Gasteiger partial charge in [-0.15, -0.1) is 0 Å². The molecule has 0 bridgehead atoms. The summed E-state index contributed by atoms with van der Waals surface area (Å²) in [5.41, 5.74) is 0. The summed E-state index contributed by atoms with van der Waals surface area (Å²) >= 11 is 0. The van der Waals surface area contributed by atoms with Crippen LogP contribution in [0.15, 0.2) is 48.6 Å². The van der Waals surface area contributed by atoms with Crippen LogP contribution in [0.1, 0.15) is 278 Å². The first kappa shape index (κ1) is 60.4. The molecule has 0 saturated carbocycles. The Bertz CT molecular complexity index is 1110. The van der Waals surface area contributed by atoms with E-state index in [1.807, 2.05) is 0 Å². The Kier molecular flexibility index (Phi) is 49.8. The number of carbonyl (C=O) groups is 3. The number of hydrogen-bond acceptors (Lipinski definition) is 6. The summed E-state index contributed by atoms with van der Waals surface area (Å²) in [6.07, 6.45) is 62.4. The number of ether oxygens (including phenoxy) is 3. The van der Waals surface area contributed by atoms with E-state index in [9.17, 15) is 14.4 Å². The lowest BCUT2D eigenvalue weighted by molar-refractivity contribution is -0.167. The van der Waals surface area contributed by atoms with Crippen molar-refractivity contribution in [3.63, 3.8) is 0 Å². The zero-order valence-electron chi connectivity index (χ0n) is 41.8. The van der Waals surface area contributed by atoms with Crippen LogP contribution in [0.2, 0.25) is 0 Å². The molecule has 0 aliphatic carbocycles. The lowest BCUT2D eigenvalue weighted by atomic mass is 10.0. The molecule has 63 heavy (non-hydrogen) atoms. The molecular formula is C57H102O6. The van der Waals surface area contributed by atoms with Gasteiger partial charge in [-0.2, -0.15) is 0 Å². The van der Waals surface area contributed by atoms with Gasteiger partial charge in [0, 0.05) is 19.3 Å². The number of rotatable bonds is 49. The van der Waals surface area contributed by atoms with Gasteiger partial charge in [-0.05, 0) is 57.8 Å². The van der Waals surface area contributed by atoms with E-state index in [-0.39, 0.29) is 37.5 Å². The molecule has 0 aromatic rings. The Balaban J connectivity index is 4.39. The van der Waals surface area contributed by atoms with Crippen LogP contribution >= 0.6 is 0 Å². The Morgan fingerprint density at radius 2 is 0.619 bits per heavy atom. The van der Waals surface area contributed by atoms with Crippen molar-refractivity contribution in [2.45, 2.75) is 284 Å². The van der Waals surface area contributed by atoms with E-state index < -0.39 is 6.10 Å². The summed E-state index contributed by atoms with van der Waals surface area (Å²) in [7, 11) is 0. The van der Waals surface area contributed by atoms with Crippen LogP contribution in [-0.2, 0) is 28.6 Å². The van der Waals surface area contributed by atoms with E-state index in [4.69, 9.17) is 14.2 Å². The van der Waals surface area contributed by atoms with Gasteiger partial charge in [0.05, 0.1) is 0 Å².